The number of hydrogen-bond donors (Lipinski definition) is 0. The predicted molar refractivity (Wildman–Crippen MR) is 94.3 cm³/mol. The third-order valence-electron chi connectivity index (χ3n) is 4.12. The number of nitrogens with zero attached hydrogens (tertiary/aromatic N) is 1. The summed E-state index contributed by atoms with van der Waals surface area (Å²) < 4.78 is 18.2. The lowest BCUT2D eigenvalue weighted by atomic mass is 10.1. The molecule has 0 aliphatic heterocycles. The smallest absolute Gasteiger partial charge is 0.203 e. The summed E-state index contributed by atoms with van der Waals surface area (Å²) in [6, 6.07) is 12.8. The van der Waals surface area contributed by atoms with E-state index in [4.69, 9.17) is 14.2 Å². The predicted octanol–water partition coefficient (Wildman–Crippen LogP) is 3.23. The molecule has 0 aliphatic rings. The van der Waals surface area contributed by atoms with Gasteiger partial charge in [-0.2, -0.15) is 0 Å². The third kappa shape index (κ3) is 2.48. The number of aromatic nitrogens is 1. The summed E-state index contributed by atoms with van der Waals surface area (Å²) in [5.41, 5.74) is 2.44. The van der Waals surface area contributed by atoms with Crippen molar-refractivity contribution >= 4 is 10.9 Å². The van der Waals surface area contributed by atoms with Gasteiger partial charge in [0.05, 0.1) is 32.5 Å². The van der Waals surface area contributed by atoms with Crippen molar-refractivity contribution in [3.8, 4) is 28.5 Å². The van der Waals surface area contributed by atoms with Gasteiger partial charge >= 0.3 is 0 Å². The van der Waals surface area contributed by atoms with Gasteiger partial charge in [0.25, 0.3) is 0 Å². The second-order valence-electron chi connectivity index (χ2n) is 5.38. The summed E-state index contributed by atoms with van der Waals surface area (Å²) in [6.45, 7) is 0. The fraction of sp³-hybridized carbons (Fsp3) is 0.211. The molecule has 1 aromatic heterocycles. The quantitative estimate of drug-likeness (QED) is 0.739. The van der Waals surface area contributed by atoms with Gasteiger partial charge in [0.2, 0.25) is 5.75 Å². The van der Waals surface area contributed by atoms with Gasteiger partial charge < -0.3 is 18.8 Å². The van der Waals surface area contributed by atoms with Crippen LogP contribution in [0.15, 0.2) is 47.3 Å². The van der Waals surface area contributed by atoms with Crippen molar-refractivity contribution in [3.05, 3.63) is 52.7 Å². The monoisotopic (exact) mass is 325 g/mol. The SMILES string of the molecule is COc1cc(-c2cc(=O)c3ccccc3n2C)cc(OC)c1OC. The molecule has 0 fully saturated rings. The molecule has 0 unspecified atom stereocenters. The van der Waals surface area contributed by atoms with Gasteiger partial charge in [0, 0.05) is 24.1 Å². The minimum atomic E-state index is -0.0209. The third-order valence-corrected chi connectivity index (χ3v) is 4.12. The van der Waals surface area contributed by atoms with E-state index in [-0.39, 0.29) is 5.43 Å². The molecule has 0 atom stereocenters. The molecular formula is C19H19NO4. The molecule has 3 aromatic rings. The minimum Gasteiger partial charge on any atom is -0.493 e. The highest BCUT2D eigenvalue weighted by atomic mass is 16.5. The zero-order valence-electron chi connectivity index (χ0n) is 14.1. The number of hydrogen-bond acceptors (Lipinski definition) is 4. The maximum Gasteiger partial charge on any atom is 0.203 e. The van der Waals surface area contributed by atoms with Crippen molar-refractivity contribution in [2.75, 3.05) is 21.3 Å². The summed E-state index contributed by atoms with van der Waals surface area (Å²) in [5, 5.41) is 0.691. The van der Waals surface area contributed by atoms with E-state index in [9.17, 15) is 4.79 Å². The lowest BCUT2D eigenvalue weighted by Crippen LogP contribution is -2.09. The average molecular weight is 325 g/mol. The Kier molecular flexibility index (Phi) is 4.16. The minimum absolute atomic E-state index is 0.0209. The molecule has 2 aromatic carbocycles. The normalized spacial score (nSPS) is 10.7. The molecule has 0 amide bonds. The second-order valence-corrected chi connectivity index (χ2v) is 5.38. The first-order valence-electron chi connectivity index (χ1n) is 7.50. The van der Waals surface area contributed by atoms with Crippen LogP contribution in [0.2, 0.25) is 0 Å². The molecule has 0 N–H and O–H groups in total. The molecule has 1 heterocycles. The molecular weight excluding hydrogens is 306 g/mol. The maximum atomic E-state index is 12.5. The summed E-state index contributed by atoms with van der Waals surface area (Å²) in [5.74, 6) is 1.62. The molecule has 0 saturated heterocycles. The van der Waals surface area contributed by atoms with Gasteiger partial charge in [-0.3, -0.25) is 4.79 Å². The highest BCUT2D eigenvalue weighted by Gasteiger charge is 2.16. The topological polar surface area (TPSA) is 49.7 Å². The Labute approximate surface area is 140 Å². The Hall–Kier alpha value is -2.95. The highest BCUT2D eigenvalue weighted by molar-refractivity contribution is 5.83. The Bertz CT molecular complexity index is 934. The number of pyridine rings is 1. The maximum absolute atomic E-state index is 12.5. The number of fused-ring (bicyclic) bond motifs is 1. The van der Waals surface area contributed by atoms with Crippen LogP contribution < -0.4 is 19.6 Å². The Morgan fingerprint density at radius 3 is 2.08 bits per heavy atom. The fourth-order valence-corrected chi connectivity index (χ4v) is 2.91. The van der Waals surface area contributed by atoms with Crippen LogP contribution in [-0.2, 0) is 7.05 Å². The number of benzene rings is 2. The van der Waals surface area contributed by atoms with Crippen LogP contribution in [0.1, 0.15) is 0 Å². The van der Waals surface area contributed by atoms with E-state index >= 15 is 0 Å². The van der Waals surface area contributed by atoms with Gasteiger partial charge in [0.15, 0.2) is 16.9 Å². The van der Waals surface area contributed by atoms with Crippen LogP contribution >= 0.6 is 0 Å². The summed E-state index contributed by atoms with van der Waals surface area (Å²) in [4.78, 5) is 12.5. The van der Waals surface area contributed by atoms with Gasteiger partial charge in [-0.1, -0.05) is 12.1 Å². The molecule has 0 bridgehead atoms. The molecule has 5 heteroatoms. The zero-order valence-corrected chi connectivity index (χ0v) is 14.1. The van der Waals surface area contributed by atoms with Crippen molar-refractivity contribution in [1.82, 2.24) is 4.57 Å². The first kappa shape index (κ1) is 15.9. The van der Waals surface area contributed by atoms with E-state index < -0.39 is 0 Å². The Morgan fingerprint density at radius 2 is 1.50 bits per heavy atom. The molecule has 0 aliphatic carbocycles. The average Bonchev–Trinajstić information content (AvgIpc) is 2.63. The zero-order chi connectivity index (χ0) is 17.3. The lowest BCUT2D eigenvalue weighted by molar-refractivity contribution is 0.324. The number of aryl methyl sites for hydroxylation is 1. The van der Waals surface area contributed by atoms with Crippen LogP contribution in [0.4, 0.5) is 0 Å². The first-order chi connectivity index (χ1) is 11.6. The van der Waals surface area contributed by atoms with Crippen LogP contribution in [-0.4, -0.2) is 25.9 Å². The van der Waals surface area contributed by atoms with Crippen molar-refractivity contribution in [2.45, 2.75) is 0 Å². The second kappa shape index (κ2) is 6.28. The number of methoxy groups -OCH3 is 3. The summed E-state index contributed by atoms with van der Waals surface area (Å²) >= 11 is 0. The van der Waals surface area contributed by atoms with Crippen molar-refractivity contribution in [2.24, 2.45) is 7.05 Å². The number of rotatable bonds is 4. The van der Waals surface area contributed by atoms with Gasteiger partial charge in [0.1, 0.15) is 0 Å². The largest absolute Gasteiger partial charge is 0.493 e. The van der Waals surface area contributed by atoms with Gasteiger partial charge in [-0.15, -0.1) is 0 Å². The summed E-state index contributed by atoms with van der Waals surface area (Å²) in [7, 11) is 6.63. The van der Waals surface area contributed by atoms with Crippen LogP contribution in [0.5, 0.6) is 17.2 Å². The molecule has 0 saturated carbocycles. The van der Waals surface area contributed by atoms with Crippen LogP contribution in [0, 0.1) is 0 Å². The first-order valence-corrected chi connectivity index (χ1v) is 7.50. The molecule has 5 nitrogen and oxygen atoms in total. The molecule has 0 radical (unpaired) electrons. The Balaban J connectivity index is 2.32. The van der Waals surface area contributed by atoms with Gasteiger partial charge in [-0.05, 0) is 24.3 Å². The summed E-state index contributed by atoms with van der Waals surface area (Å²) in [6.07, 6.45) is 0. The standard InChI is InChI=1S/C19H19NO4/c1-20-14-8-6-5-7-13(14)16(21)11-15(20)12-9-17(22-2)19(24-4)18(10-12)23-3/h5-11H,1-4H3. The fourth-order valence-electron chi connectivity index (χ4n) is 2.91. The van der Waals surface area contributed by atoms with E-state index in [0.717, 1.165) is 16.8 Å². The van der Waals surface area contributed by atoms with Crippen LogP contribution in [0.3, 0.4) is 0 Å². The lowest BCUT2D eigenvalue weighted by Gasteiger charge is -2.17. The number of para-hydroxylation sites is 1. The van der Waals surface area contributed by atoms with Crippen LogP contribution in [0.25, 0.3) is 22.2 Å². The molecule has 24 heavy (non-hydrogen) atoms. The van der Waals surface area contributed by atoms with E-state index in [1.54, 1.807) is 27.4 Å². The van der Waals surface area contributed by atoms with E-state index in [1.807, 2.05) is 48.0 Å². The Morgan fingerprint density at radius 1 is 0.875 bits per heavy atom. The van der Waals surface area contributed by atoms with E-state index in [0.29, 0.717) is 22.6 Å². The number of ether oxygens (including phenoxy) is 3. The highest BCUT2D eigenvalue weighted by Crippen LogP contribution is 2.41. The molecule has 0 spiro atoms. The molecule has 3 rings (SSSR count). The molecule has 124 valence electrons. The van der Waals surface area contributed by atoms with Crippen molar-refractivity contribution in [3.63, 3.8) is 0 Å². The van der Waals surface area contributed by atoms with Gasteiger partial charge in [-0.25, -0.2) is 0 Å². The van der Waals surface area contributed by atoms with E-state index in [1.165, 1.54) is 0 Å². The van der Waals surface area contributed by atoms with E-state index in [2.05, 4.69) is 0 Å². The van der Waals surface area contributed by atoms with Crippen molar-refractivity contribution < 1.29 is 14.2 Å². The van der Waals surface area contributed by atoms with Crippen molar-refractivity contribution in [1.29, 1.82) is 0 Å².